The van der Waals surface area contributed by atoms with Crippen LogP contribution in [0.5, 0.6) is 6.01 Å². The predicted molar refractivity (Wildman–Crippen MR) is 201 cm³/mol. The molecule has 0 radical (unpaired) electrons. The van der Waals surface area contributed by atoms with Crippen molar-refractivity contribution in [1.29, 1.82) is 0 Å². The van der Waals surface area contributed by atoms with Crippen LogP contribution in [0.3, 0.4) is 0 Å². The van der Waals surface area contributed by atoms with Gasteiger partial charge in [-0.15, -0.1) is 0 Å². The summed E-state index contributed by atoms with van der Waals surface area (Å²) >= 11 is 7.04. The lowest BCUT2D eigenvalue weighted by Crippen LogP contribution is -2.61. The molecule has 306 valence electrons. The first-order valence-electron chi connectivity index (χ1n) is 19.1. The van der Waals surface area contributed by atoms with Crippen LogP contribution in [0.2, 0.25) is 5.02 Å². The molecule has 8 rings (SSSR count). The summed E-state index contributed by atoms with van der Waals surface area (Å²) in [6.07, 6.45) is -4.85. The molecule has 6 atom stereocenters. The summed E-state index contributed by atoms with van der Waals surface area (Å²) in [5.74, 6) is -2.23. The Hall–Kier alpha value is -4.51. The van der Waals surface area contributed by atoms with E-state index in [2.05, 4.69) is 16.5 Å². The Balaban J connectivity index is 1.26. The Morgan fingerprint density at radius 2 is 1.86 bits per heavy atom. The van der Waals surface area contributed by atoms with Crippen molar-refractivity contribution in [2.24, 2.45) is 5.92 Å². The van der Waals surface area contributed by atoms with Crippen molar-refractivity contribution < 1.29 is 45.8 Å². The number of nitrogens with two attached hydrogens (primary N) is 1. The Morgan fingerprint density at radius 3 is 2.58 bits per heavy atom. The zero-order valence-electron chi connectivity index (χ0n) is 31.9. The lowest BCUT2D eigenvalue weighted by atomic mass is 9.91. The normalized spacial score (nSPS) is 26.1. The SMILES string of the molecule is C=C1C[C@@H]2[C@@H]3CC[C@H](CN2c2nc(OC[C@@]45CCCN4C[C@H](F)C5)nc4c(F)c(-c5nc(N)cc(C)c5C(F)(F)F)c(Cl)c1c24)N3C(=O)OC(C)OC(=O)C(C)C. The minimum atomic E-state index is -4.97. The van der Waals surface area contributed by atoms with Crippen LogP contribution in [0.25, 0.3) is 27.7 Å². The molecule has 12 nitrogen and oxygen atoms in total. The van der Waals surface area contributed by atoms with Gasteiger partial charge in [-0.05, 0) is 62.8 Å². The molecule has 18 heteroatoms. The van der Waals surface area contributed by atoms with Crippen molar-refractivity contribution in [3.8, 4) is 17.3 Å². The number of hydrogen-bond donors (Lipinski definition) is 1. The zero-order valence-corrected chi connectivity index (χ0v) is 32.6. The van der Waals surface area contributed by atoms with E-state index in [0.29, 0.717) is 31.4 Å². The summed E-state index contributed by atoms with van der Waals surface area (Å²) in [5, 5.41) is -0.265. The van der Waals surface area contributed by atoms with Crippen molar-refractivity contribution >= 4 is 51.8 Å². The Kier molecular flexibility index (Phi) is 9.73. The molecule has 3 aromatic rings. The number of alkyl halides is 4. The fourth-order valence-electron chi connectivity index (χ4n) is 9.66. The molecule has 5 aliphatic heterocycles. The third kappa shape index (κ3) is 6.58. The zero-order chi connectivity index (χ0) is 40.9. The van der Waals surface area contributed by atoms with Gasteiger partial charge in [0.05, 0.1) is 56.8 Å². The van der Waals surface area contributed by atoms with E-state index in [4.69, 9.17) is 36.5 Å². The Bertz CT molecular complexity index is 2190. The molecule has 4 saturated heterocycles. The number of aromatic nitrogens is 3. The van der Waals surface area contributed by atoms with Crippen molar-refractivity contribution in [3.63, 3.8) is 0 Å². The van der Waals surface area contributed by atoms with Gasteiger partial charge in [-0.25, -0.2) is 18.6 Å². The fraction of sp³-hybridized carbons (Fsp3) is 0.564. The number of piperazine rings is 1. The van der Waals surface area contributed by atoms with Crippen LogP contribution >= 0.6 is 11.6 Å². The van der Waals surface area contributed by atoms with Crippen LogP contribution in [0.1, 0.15) is 76.0 Å². The molecule has 2 aromatic heterocycles. The molecule has 57 heavy (non-hydrogen) atoms. The lowest BCUT2D eigenvalue weighted by Gasteiger charge is -2.46. The fourth-order valence-corrected chi connectivity index (χ4v) is 10.1. The lowest BCUT2D eigenvalue weighted by molar-refractivity contribution is -0.170. The number of carbonyl (C=O) groups is 2. The predicted octanol–water partition coefficient (Wildman–Crippen LogP) is 7.47. The van der Waals surface area contributed by atoms with Gasteiger partial charge in [0, 0.05) is 32.0 Å². The maximum absolute atomic E-state index is 17.3. The summed E-state index contributed by atoms with van der Waals surface area (Å²) in [4.78, 5) is 44.9. The number of carbonyl (C=O) groups excluding carboxylic acids is 2. The van der Waals surface area contributed by atoms with E-state index in [1.165, 1.54) is 13.8 Å². The second kappa shape index (κ2) is 14.1. The number of esters is 1. The first-order chi connectivity index (χ1) is 26.9. The summed E-state index contributed by atoms with van der Waals surface area (Å²) in [5.41, 5.74) is 2.48. The van der Waals surface area contributed by atoms with Gasteiger partial charge in [-0.1, -0.05) is 32.0 Å². The number of nitrogens with zero attached hydrogens (tertiary/aromatic N) is 6. The Morgan fingerprint density at radius 1 is 1.11 bits per heavy atom. The molecule has 5 aliphatic rings. The van der Waals surface area contributed by atoms with Gasteiger partial charge in [0.2, 0.25) is 6.29 Å². The summed E-state index contributed by atoms with van der Waals surface area (Å²) in [6, 6.07) is -0.644. The standard InChI is InChI=1S/C39H43ClF5N7O5/c1-17(2)35(53)56-20(5)57-37(54)52-22-7-8-23(52)24-11-18(3)26-27-33(31(42)28(30(26)40)32-29(39(43,44)45)19(4)12-25(46)47-32)48-36(49-34(27)51(24)15-22)55-16-38-9-6-10-50(38)14-21(41)13-38/h12,17,20-24H,3,6-11,13-16H2,1-2,4-5H3,(H2,46,47)/t20?,21-,22-,23+,24-,38+/m1/s1. The molecule has 0 spiro atoms. The van der Waals surface area contributed by atoms with Crippen molar-refractivity contribution in [2.75, 3.05) is 36.9 Å². The van der Waals surface area contributed by atoms with Crippen molar-refractivity contribution in [3.05, 3.63) is 40.2 Å². The van der Waals surface area contributed by atoms with Crippen LogP contribution in [-0.4, -0.2) is 99.2 Å². The largest absolute Gasteiger partial charge is 0.461 e. The van der Waals surface area contributed by atoms with Gasteiger partial charge in [0.25, 0.3) is 0 Å². The highest BCUT2D eigenvalue weighted by Crippen LogP contribution is 2.52. The second-order valence-corrected chi connectivity index (χ2v) is 16.5. The summed E-state index contributed by atoms with van der Waals surface area (Å²) in [6.45, 7) is 11.4. The molecule has 1 aromatic carbocycles. The van der Waals surface area contributed by atoms with Gasteiger partial charge in [0.1, 0.15) is 29.9 Å². The molecule has 0 aliphatic carbocycles. The van der Waals surface area contributed by atoms with E-state index in [1.54, 1.807) is 18.7 Å². The maximum Gasteiger partial charge on any atom is 0.418 e. The van der Waals surface area contributed by atoms with E-state index in [1.807, 2.05) is 9.80 Å². The number of amides is 1. The molecule has 0 saturated carbocycles. The van der Waals surface area contributed by atoms with Crippen LogP contribution in [-0.2, 0) is 20.4 Å². The number of hydrogen-bond acceptors (Lipinski definition) is 11. The van der Waals surface area contributed by atoms with E-state index in [-0.39, 0.29) is 77.2 Å². The summed E-state index contributed by atoms with van der Waals surface area (Å²) < 4.78 is 93.3. The average molecular weight is 820 g/mol. The molecule has 2 N–H and O–H groups in total. The minimum absolute atomic E-state index is 0.00204. The highest BCUT2D eigenvalue weighted by molar-refractivity contribution is 6.37. The van der Waals surface area contributed by atoms with E-state index in [0.717, 1.165) is 12.5 Å². The van der Waals surface area contributed by atoms with Crippen LogP contribution in [0.4, 0.5) is 38.4 Å². The molecule has 1 unspecified atom stereocenters. The number of anilines is 2. The first kappa shape index (κ1) is 39.3. The van der Waals surface area contributed by atoms with E-state index in [9.17, 15) is 27.2 Å². The molecular weight excluding hydrogens is 777 g/mol. The maximum atomic E-state index is 17.3. The molecule has 7 heterocycles. The molecule has 2 bridgehead atoms. The quantitative estimate of drug-likeness (QED) is 0.145. The van der Waals surface area contributed by atoms with Crippen LogP contribution in [0.15, 0.2) is 12.6 Å². The summed E-state index contributed by atoms with van der Waals surface area (Å²) in [7, 11) is 0. The van der Waals surface area contributed by atoms with Crippen LogP contribution < -0.4 is 15.4 Å². The highest BCUT2D eigenvalue weighted by Gasteiger charge is 2.53. The van der Waals surface area contributed by atoms with Crippen molar-refractivity contribution in [1.82, 2.24) is 24.8 Å². The number of ether oxygens (including phenoxy) is 3. The third-order valence-corrected chi connectivity index (χ3v) is 12.5. The molecule has 1 amide bonds. The van der Waals surface area contributed by atoms with Gasteiger partial charge in [-0.3, -0.25) is 14.6 Å². The molecular formula is C39H43ClF5N7O5. The minimum Gasteiger partial charge on any atom is -0.461 e. The van der Waals surface area contributed by atoms with Crippen molar-refractivity contribution in [2.45, 2.75) is 109 Å². The number of nitrogen functional groups attached to an aromatic ring is 1. The van der Waals surface area contributed by atoms with Crippen LogP contribution in [0, 0.1) is 18.7 Å². The average Bonchev–Trinajstić information content (AvgIpc) is 3.73. The molecule has 4 fully saturated rings. The van der Waals surface area contributed by atoms with Gasteiger partial charge in [0.15, 0.2) is 5.82 Å². The third-order valence-electron chi connectivity index (χ3n) is 12.1. The second-order valence-electron chi connectivity index (χ2n) is 16.2. The van der Waals surface area contributed by atoms with Gasteiger partial charge < -0.3 is 24.8 Å². The highest BCUT2D eigenvalue weighted by atomic mass is 35.5. The number of pyridine rings is 1. The number of rotatable bonds is 7. The first-order valence-corrected chi connectivity index (χ1v) is 19.5. The Labute approximate surface area is 330 Å². The topological polar surface area (TPSA) is 136 Å². The smallest absolute Gasteiger partial charge is 0.418 e. The number of halogens is 6. The number of aryl methyl sites for hydroxylation is 1. The van der Waals surface area contributed by atoms with E-state index >= 15 is 4.39 Å². The monoisotopic (exact) mass is 819 g/mol. The number of fused-ring (bicyclic) bond motifs is 6. The van der Waals surface area contributed by atoms with Gasteiger partial charge in [-0.2, -0.15) is 23.1 Å². The number of benzene rings is 1. The van der Waals surface area contributed by atoms with Gasteiger partial charge >= 0.3 is 24.2 Å². The van der Waals surface area contributed by atoms with E-state index < -0.39 is 82.9 Å².